The van der Waals surface area contributed by atoms with Gasteiger partial charge in [-0.05, 0) is 89.9 Å². The number of hydrogen-bond acceptors (Lipinski definition) is 15. The molecule has 0 aliphatic rings. The molecule has 0 aliphatic carbocycles. The second-order valence-electron chi connectivity index (χ2n) is 24.2. The van der Waals surface area contributed by atoms with Gasteiger partial charge in [-0.2, -0.15) is 0 Å². The van der Waals surface area contributed by atoms with E-state index in [1.165, 1.54) is 83.5 Å². The van der Waals surface area contributed by atoms with Crippen LogP contribution in [0.15, 0.2) is 72.9 Å². The molecule has 17 nitrogen and oxygen atoms in total. The zero-order valence-corrected chi connectivity index (χ0v) is 59.8. The Morgan fingerprint density at radius 3 is 0.913 bits per heavy atom. The lowest BCUT2D eigenvalue weighted by atomic mass is 10.1. The van der Waals surface area contributed by atoms with Gasteiger partial charge in [0.1, 0.15) is 19.3 Å². The molecule has 0 fully saturated rings. The van der Waals surface area contributed by atoms with Gasteiger partial charge in [0, 0.05) is 25.7 Å². The maximum Gasteiger partial charge on any atom is 0.472 e. The fourth-order valence-electron chi connectivity index (χ4n) is 9.66. The second kappa shape index (κ2) is 66.1. The number of allylic oxidation sites excluding steroid dienone is 12. The van der Waals surface area contributed by atoms with Gasteiger partial charge in [0.05, 0.1) is 26.4 Å². The highest BCUT2D eigenvalue weighted by molar-refractivity contribution is 7.47. The summed E-state index contributed by atoms with van der Waals surface area (Å²) in [6.45, 7) is 4.65. The third-order valence-electron chi connectivity index (χ3n) is 15.2. The lowest BCUT2D eigenvalue weighted by molar-refractivity contribution is -0.161. The summed E-state index contributed by atoms with van der Waals surface area (Å²) in [5, 5.41) is 10.6. The summed E-state index contributed by atoms with van der Waals surface area (Å²) < 4.78 is 68.2. The Morgan fingerprint density at radius 1 is 0.315 bits per heavy atom. The maximum absolute atomic E-state index is 13.0. The minimum absolute atomic E-state index is 0.0749. The lowest BCUT2D eigenvalue weighted by Gasteiger charge is -2.21. The van der Waals surface area contributed by atoms with E-state index in [1.54, 1.807) is 0 Å². The first kappa shape index (κ1) is 88.5. The van der Waals surface area contributed by atoms with Crippen molar-refractivity contribution in [3.8, 4) is 0 Å². The first-order chi connectivity index (χ1) is 44.7. The van der Waals surface area contributed by atoms with Crippen molar-refractivity contribution >= 4 is 39.5 Å². The molecule has 0 aromatic rings. The zero-order valence-electron chi connectivity index (χ0n) is 58.0. The molecule has 5 unspecified atom stereocenters. The van der Waals surface area contributed by atoms with Gasteiger partial charge >= 0.3 is 39.5 Å². The first-order valence-corrected chi connectivity index (χ1v) is 39.2. The third-order valence-corrected chi connectivity index (χ3v) is 17.1. The number of carbonyl (C=O) groups is 4. The van der Waals surface area contributed by atoms with Crippen LogP contribution in [0.25, 0.3) is 0 Å². The van der Waals surface area contributed by atoms with Crippen LogP contribution in [0, 0.1) is 0 Å². The van der Waals surface area contributed by atoms with Gasteiger partial charge in [-0.15, -0.1) is 0 Å². The van der Waals surface area contributed by atoms with Crippen molar-refractivity contribution in [2.24, 2.45) is 0 Å². The van der Waals surface area contributed by atoms with Gasteiger partial charge < -0.3 is 33.8 Å². The minimum atomic E-state index is -4.97. The van der Waals surface area contributed by atoms with Crippen molar-refractivity contribution in [2.75, 3.05) is 39.6 Å². The summed E-state index contributed by atoms with van der Waals surface area (Å²) in [6.07, 6.45) is 63.4. The molecule has 0 aliphatic heterocycles. The second-order valence-corrected chi connectivity index (χ2v) is 27.1. The molecule has 0 saturated heterocycles. The number of unbranched alkanes of at least 4 members (excludes halogenated alkanes) is 30. The standard InChI is InChI=1S/C73H130O17P2/c1-5-9-13-17-21-25-29-31-32-33-34-36-39-42-46-50-54-58-71(76)84-64-69(90-73(78)60-56-52-48-44-40-35-30-26-22-18-14-10-6-2)66-88-92(81,82)86-62-67(74)61-85-91(79,80)87-65-68(89-72(77)59-55-51-47-43-38-28-24-20-16-12-8-4)63-83-70(75)57-53-49-45-41-37-27-23-19-15-11-7-3/h9,13-14,18,21,25-26,30-32,34,36,67-69,74H,5-8,10-12,15-17,19-20,22-24,27-29,33,35,37-66H2,1-4H3,(H,79,80)(H,81,82)/b13-9-,18-14-,25-21-,30-26-,32-31-,36-34-. The topological polar surface area (TPSA) is 237 Å². The van der Waals surface area contributed by atoms with E-state index in [0.29, 0.717) is 25.7 Å². The normalized spacial score (nSPS) is 14.5. The number of aliphatic hydroxyl groups excluding tert-OH is 1. The number of esters is 4. The van der Waals surface area contributed by atoms with Crippen molar-refractivity contribution in [2.45, 2.75) is 329 Å². The molecular weight excluding hydrogens is 1210 g/mol. The number of rotatable bonds is 68. The van der Waals surface area contributed by atoms with E-state index in [9.17, 15) is 43.2 Å². The number of ether oxygens (including phenoxy) is 4. The smallest absolute Gasteiger partial charge is 0.462 e. The quantitative estimate of drug-likeness (QED) is 0.0169. The Hall–Kier alpha value is -3.50. The van der Waals surface area contributed by atoms with Crippen molar-refractivity contribution in [1.82, 2.24) is 0 Å². The number of carbonyl (C=O) groups excluding carboxylic acids is 4. The largest absolute Gasteiger partial charge is 0.472 e. The summed E-state index contributed by atoms with van der Waals surface area (Å²) in [5.41, 5.74) is 0. The van der Waals surface area contributed by atoms with Crippen molar-refractivity contribution < 1.29 is 80.2 Å². The summed E-state index contributed by atoms with van der Waals surface area (Å²) in [5.74, 6) is -2.20. The summed E-state index contributed by atoms with van der Waals surface area (Å²) >= 11 is 0. The Kier molecular flexibility index (Phi) is 63.6. The van der Waals surface area contributed by atoms with E-state index >= 15 is 0 Å². The predicted molar refractivity (Wildman–Crippen MR) is 372 cm³/mol. The van der Waals surface area contributed by atoms with Gasteiger partial charge in [-0.3, -0.25) is 37.3 Å². The molecular formula is C73H130O17P2. The van der Waals surface area contributed by atoms with E-state index in [2.05, 4.69) is 101 Å². The Balaban J connectivity index is 5.32. The van der Waals surface area contributed by atoms with Gasteiger partial charge in [0.2, 0.25) is 0 Å². The van der Waals surface area contributed by atoms with Gasteiger partial charge in [0.25, 0.3) is 0 Å². The van der Waals surface area contributed by atoms with Crippen molar-refractivity contribution in [3.63, 3.8) is 0 Å². The summed E-state index contributed by atoms with van der Waals surface area (Å²) in [7, 11) is -9.93. The number of hydrogen-bond donors (Lipinski definition) is 3. The molecule has 0 aromatic carbocycles. The fraction of sp³-hybridized carbons (Fsp3) is 0.781. The average molecular weight is 1340 g/mol. The minimum Gasteiger partial charge on any atom is -0.462 e. The molecule has 5 atom stereocenters. The molecule has 0 saturated carbocycles. The van der Waals surface area contributed by atoms with Crippen LogP contribution >= 0.6 is 15.6 Å². The molecule has 19 heteroatoms. The van der Waals surface area contributed by atoms with Crippen LogP contribution in [0.3, 0.4) is 0 Å². The van der Waals surface area contributed by atoms with Crippen LogP contribution in [-0.2, 0) is 65.4 Å². The summed E-state index contributed by atoms with van der Waals surface area (Å²) in [6, 6.07) is 0. The van der Waals surface area contributed by atoms with Crippen LogP contribution in [0.2, 0.25) is 0 Å². The van der Waals surface area contributed by atoms with Gasteiger partial charge in [-0.25, -0.2) is 9.13 Å². The maximum atomic E-state index is 13.0. The Bertz CT molecular complexity index is 2040. The summed E-state index contributed by atoms with van der Waals surface area (Å²) in [4.78, 5) is 72.6. The van der Waals surface area contributed by atoms with Crippen LogP contribution in [0.5, 0.6) is 0 Å². The molecule has 0 aromatic heterocycles. The van der Waals surface area contributed by atoms with Crippen LogP contribution in [0.1, 0.15) is 310 Å². The molecule has 534 valence electrons. The van der Waals surface area contributed by atoms with Crippen LogP contribution in [-0.4, -0.2) is 96.7 Å². The molecule has 0 heterocycles. The predicted octanol–water partition coefficient (Wildman–Crippen LogP) is 20.1. The number of phosphoric ester groups is 2. The SMILES string of the molecule is CC/C=C\C/C=C\C/C=C\C/C=C\CCCCCCC(=O)OCC(COP(=O)(O)OCC(O)COP(=O)(O)OCC(COC(=O)CCCCCCCCCCCCC)OC(=O)CCCCCCCCCCCCC)OC(=O)CCCCCCC/C=C\C/C=C\CCC. The van der Waals surface area contributed by atoms with Crippen LogP contribution < -0.4 is 0 Å². The molecule has 0 rings (SSSR count). The fourth-order valence-corrected chi connectivity index (χ4v) is 11.2. The zero-order chi connectivity index (χ0) is 67.5. The van der Waals surface area contributed by atoms with Crippen molar-refractivity contribution in [1.29, 1.82) is 0 Å². The highest BCUT2D eigenvalue weighted by Gasteiger charge is 2.30. The van der Waals surface area contributed by atoms with Gasteiger partial charge in [-0.1, -0.05) is 268 Å². The van der Waals surface area contributed by atoms with E-state index in [1.807, 2.05) is 0 Å². The Labute approximate surface area is 558 Å². The first-order valence-electron chi connectivity index (χ1n) is 36.2. The Morgan fingerprint density at radius 2 is 0.587 bits per heavy atom. The molecule has 92 heavy (non-hydrogen) atoms. The van der Waals surface area contributed by atoms with Crippen molar-refractivity contribution in [3.05, 3.63) is 72.9 Å². The average Bonchev–Trinajstić information content (AvgIpc) is 2.89. The van der Waals surface area contributed by atoms with E-state index < -0.39 is 97.5 Å². The molecule has 0 spiro atoms. The monoisotopic (exact) mass is 1340 g/mol. The third kappa shape index (κ3) is 65.2. The van der Waals surface area contributed by atoms with E-state index in [4.69, 9.17) is 37.0 Å². The highest BCUT2D eigenvalue weighted by atomic mass is 31.2. The number of phosphoric acid groups is 2. The highest BCUT2D eigenvalue weighted by Crippen LogP contribution is 2.45. The number of aliphatic hydroxyl groups is 1. The van der Waals surface area contributed by atoms with Gasteiger partial charge in [0.15, 0.2) is 12.2 Å². The van der Waals surface area contributed by atoms with E-state index in [-0.39, 0.29) is 25.7 Å². The van der Waals surface area contributed by atoms with E-state index in [0.717, 1.165) is 148 Å². The molecule has 3 N–H and O–H groups in total. The molecule has 0 bridgehead atoms. The molecule has 0 amide bonds. The lowest BCUT2D eigenvalue weighted by Crippen LogP contribution is -2.30. The molecule has 0 radical (unpaired) electrons. The van der Waals surface area contributed by atoms with Crippen LogP contribution in [0.4, 0.5) is 0 Å².